The largest absolute Gasteiger partial charge is 0.456 e. The molecule has 3 aromatic carbocycles. The zero-order valence-electron chi connectivity index (χ0n) is 37.3. The van der Waals surface area contributed by atoms with Gasteiger partial charge in [0.25, 0.3) is 5.91 Å². The Morgan fingerprint density at radius 1 is 0.645 bits per heavy atom. The van der Waals surface area contributed by atoms with E-state index in [0.717, 1.165) is 0 Å². The highest BCUT2D eigenvalue weighted by Gasteiger charge is 2.26. The summed E-state index contributed by atoms with van der Waals surface area (Å²) in [5.41, 5.74) is -0.0500. The predicted molar refractivity (Wildman–Crippen MR) is 230 cm³/mol. The van der Waals surface area contributed by atoms with Crippen molar-refractivity contribution in [1.29, 1.82) is 0 Å². The molecule has 0 radical (unpaired) electrons. The number of benzene rings is 3. The van der Waals surface area contributed by atoms with Gasteiger partial charge < -0.3 is 23.8 Å². The van der Waals surface area contributed by atoms with Crippen LogP contribution in [0.1, 0.15) is 120 Å². The molecule has 0 aliphatic rings. The van der Waals surface area contributed by atoms with Crippen LogP contribution >= 0.6 is 0 Å². The Balaban J connectivity index is 0.00000331. The number of carbonyl (C=O) groups is 5. The molecule has 16 nitrogen and oxygen atoms in total. The number of ether oxygens (including phenoxy) is 4. The molecule has 1 aromatic heterocycles. The minimum absolute atomic E-state index is 0.217. The number of nitrogens with one attached hydrogen (secondary N) is 2. The average Bonchev–Trinajstić information content (AvgIpc) is 3.12. The van der Waals surface area contributed by atoms with Crippen molar-refractivity contribution in [3.05, 3.63) is 101 Å². The number of carbonyl (C=O) groups excluding carboxylic acids is 7. The number of rotatable bonds is 8. The maximum atomic E-state index is 13.9. The summed E-state index contributed by atoms with van der Waals surface area (Å²) in [7, 11) is 0. The molecule has 0 atom stereocenters. The van der Waals surface area contributed by atoms with Crippen molar-refractivity contribution in [2.24, 2.45) is 10.4 Å². The van der Waals surface area contributed by atoms with Crippen LogP contribution in [0.2, 0.25) is 0 Å². The Morgan fingerprint density at radius 2 is 1.19 bits per heavy atom. The fourth-order valence-electron chi connectivity index (χ4n) is 5.42. The van der Waals surface area contributed by atoms with Gasteiger partial charge in [0.05, 0.1) is 34.6 Å². The molecule has 0 saturated carbocycles. The lowest BCUT2D eigenvalue weighted by atomic mass is 9.95. The van der Waals surface area contributed by atoms with E-state index < -0.39 is 40.9 Å². The number of pyridine rings is 1. The Bertz CT molecular complexity index is 2290. The Kier molecular flexibility index (Phi) is 16.4. The van der Waals surface area contributed by atoms with Crippen LogP contribution in [0.25, 0.3) is 10.9 Å². The summed E-state index contributed by atoms with van der Waals surface area (Å²) in [6, 6.07) is 21.3. The number of esters is 2. The number of guanidine groups is 1. The molecule has 2 N–H and O–H groups in total. The predicted octanol–water partition coefficient (Wildman–Crippen LogP) is 8.55. The molecule has 1 heterocycles. The van der Waals surface area contributed by atoms with E-state index >= 15 is 0 Å². The lowest BCUT2D eigenvalue weighted by Crippen LogP contribution is -2.47. The van der Waals surface area contributed by atoms with Crippen molar-refractivity contribution < 1.29 is 52.5 Å². The summed E-state index contributed by atoms with van der Waals surface area (Å²) in [5, 5.41) is 5.54. The van der Waals surface area contributed by atoms with Crippen molar-refractivity contribution in [2.45, 2.75) is 106 Å². The first kappa shape index (κ1) is 49.4. The van der Waals surface area contributed by atoms with E-state index in [2.05, 4.69) is 15.6 Å². The molecule has 0 bridgehead atoms. The molecule has 4 aromatic rings. The maximum Gasteiger partial charge on any atom is 0.414 e. The van der Waals surface area contributed by atoms with E-state index in [1.165, 1.54) is 24.3 Å². The fraction of sp³-hybridized carbons (Fsp3) is 0.391. The molecule has 3 amide bonds. The molecule has 330 valence electrons. The van der Waals surface area contributed by atoms with Crippen LogP contribution in [-0.2, 0) is 30.3 Å². The molecule has 0 fully saturated rings. The molecule has 16 heteroatoms. The first-order chi connectivity index (χ1) is 28.6. The third kappa shape index (κ3) is 17.3. The number of aromatic nitrogens is 1. The second-order valence-corrected chi connectivity index (χ2v) is 18.2. The Labute approximate surface area is 361 Å². The van der Waals surface area contributed by atoms with Crippen LogP contribution in [-0.4, -0.2) is 75.4 Å². The summed E-state index contributed by atoms with van der Waals surface area (Å²) in [6.45, 7) is 22.3. The fourth-order valence-corrected chi connectivity index (χ4v) is 5.42. The highest BCUT2D eigenvalue weighted by Crippen LogP contribution is 2.25. The van der Waals surface area contributed by atoms with Crippen LogP contribution in [0.15, 0.2) is 83.9 Å². The molecule has 62 heavy (non-hydrogen) atoms. The van der Waals surface area contributed by atoms with Gasteiger partial charge in [0.15, 0.2) is 0 Å². The smallest absolute Gasteiger partial charge is 0.414 e. The molecule has 4 rings (SSSR count). The Morgan fingerprint density at radius 3 is 1.73 bits per heavy atom. The van der Waals surface area contributed by atoms with Gasteiger partial charge in [0.1, 0.15) is 22.6 Å². The second kappa shape index (κ2) is 20.6. The second-order valence-electron chi connectivity index (χ2n) is 18.2. The van der Waals surface area contributed by atoms with E-state index in [4.69, 9.17) is 33.5 Å². The third-order valence-corrected chi connectivity index (χ3v) is 7.56. The van der Waals surface area contributed by atoms with E-state index in [9.17, 15) is 24.0 Å². The molecular formula is C46H55N5O11. The summed E-state index contributed by atoms with van der Waals surface area (Å²) >= 11 is 0. The lowest BCUT2D eigenvalue weighted by Gasteiger charge is -2.30. The Hall–Kier alpha value is -6.93. The minimum atomic E-state index is -0.841. The van der Waals surface area contributed by atoms with Gasteiger partial charge in [-0.05, 0) is 134 Å². The average molecular weight is 854 g/mol. The van der Waals surface area contributed by atoms with Crippen LogP contribution in [0.3, 0.4) is 0 Å². The van der Waals surface area contributed by atoms with E-state index in [0.29, 0.717) is 45.7 Å². The highest BCUT2D eigenvalue weighted by atomic mass is 16.6. The molecule has 0 spiro atoms. The van der Waals surface area contributed by atoms with Crippen molar-refractivity contribution >= 4 is 58.7 Å². The van der Waals surface area contributed by atoms with Crippen molar-refractivity contribution in [2.75, 3.05) is 6.54 Å². The van der Waals surface area contributed by atoms with Gasteiger partial charge in [-0.1, -0.05) is 32.9 Å². The van der Waals surface area contributed by atoms with Gasteiger partial charge in [0.2, 0.25) is 5.96 Å². The SMILES string of the molecule is CC(C)(C)CN(Cc1ccc2cc(OC(=O)c3ccc(N=C(NC(=O)OC(C)(C)C)NC(=O)OC(C)(C)C)cc3)ccc2n1)C(=O)c1cccc(C(=O)OC(C)(C)C)c1.O=C=O. The minimum Gasteiger partial charge on any atom is -0.456 e. The number of fused-ring (bicyclic) bond motifs is 1. The number of alkyl carbamates (subject to hydrolysis) is 2. The molecule has 0 aliphatic heterocycles. The first-order valence-corrected chi connectivity index (χ1v) is 19.6. The highest BCUT2D eigenvalue weighted by molar-refractivity contribution is 6.02. The number of hydrogen-bond donors (Lipinski definition) is 2. The van der Waals surface area contributed by atoms with Crippen molar-refractivity contribution in [3.8, 4) is 5.75 Å². The molecule has 0 saturated heterocycles. The van der Waals surface area contributed by atoms with E-state index in [1.54, 1.807) is 110 Å². The number of hydrogen-bond acceptors (Lipinski definition) is 13. The van der Waals surface area contributed by atoms with E-state index in [1.807, 2.05) is 32.9 Å². The van der Waals surface area contributed by atoms with Gasteiger partial charge in [0, 0.05) is 17.5 Å². The third-order valence-electron chi connectivity index (χ3n) is 7.56. The number of aliphatic imine (C=N–C) groups is 1. The van der Waals surface area contributed by atoms with Gasteiger partial charge in [-0.25, -0.2) is 24.2 Å². The maximum absolute atomic E-state index is 13.9. The molecule has 0 unspecified atom stereocenters. The zero-order chi connectivity index (χ0) is 46.6. The normalized spacial score (nSPS) is 11.4. The number of nitrogens with zero attached hydrogens (tertiary/aromatic N) is 3. The van der Waals surface area contributed by atoms with Gasteiger partial charge in [-0.15, -0.1) is 0 Å². The van der Waals surface area contributed by atoms with Crippen LogP contribution in [0, 0.1) is 5.41 Å². The standard InChI is InChI=1S/C45H55N5O9.CO2/c1-42(2,3)27-50(36(51)30-14-13-15-31(24-30)38(53)57-43(4,5)6)26-33-21-18-29-25-34(22-23-35(29)46-33)56-37(52)28-16-19-32(20-17-28)47-39(48-40(54)58-44(7,8)9)49-41(55)59-45(10,11)12;2-1-3/h13-25H,26-27H2,1-12H3,(H2,47,48,49,54,55);. The van der Waals surface area contributed by atoms with Crippen LogP contribution in [0.5, 0.6) is 5.75 Å². The summed E-state index contributed by atoms with van der Waals surface area (Å²) in [4.78, 5) is 91.8. The summed E-state index contributed by atoms with van der Waals surface area (Å²) in [5.74, 6) is -1.33. The van der Waals surface area contributed by atoms with Gasteiger partial charge in [-0.3, -0.25) is 20.4 Å². The topological polar surface area (TPSA) is 209 Å². The molecular weight excluding hydrogens is 799 g/mol. The first-order valence-electron chi connectivity index (χ1n) is 19.6. The quantitative estimate of drug-likeness (QED) is 0.0562. The zero-order valence-corrected chi connectivity index (χ0v) is 37.3. The van der Waals surface area contributed by atoms with Crippen molar-refractivity contribution in [1.82, 2.24) is 20.5 Å². The van der Waals surface area contributed by atoms with Gasteiger partial charge in [-0.2, -0.15) is 9.59 Å². The lowest BCUT2D eigenvalue weighted by molar-refractivity contribution is -0.191. The van der Waals surface area contributed by atoms with Crippen LogP contribution in [0.4, 0.5) is 15.3 Å². The summed E-state index contributed by atoms with van der Waals surface area (Å²) < 4.78 is 21.8. The molecule has 0 aliphatic carbocycles. The monoisotopic (exact) mass is 853 g/mol. The van der Waals surface area contributed by atoms with Crippen molar-refractivity contribution in [3.63, 3.8) is 0 Å². The van der Waals surface area contributed by atoms with E-state index in [-0.39, 0.29) is 35.5 Å². The van der Waals surface area contributed by atoms with Gasteiger partial charge >= 0.3 is 30.3 Å². The van der Waals surface area contributed by atoms with Crippen LogP contribution < -0.4 is 15.4 Å². The number of amides is 3. The summed E-state index contributed by atoms with van der Waals surface area (Å²) in [6.07, 6.45) is -1.43.